The molecule has 1 atom stereocenters. The number of nitrogens with two attached hydrogens (primary N) is 1. The molecule has 1 saturated heterocycles. The zero-order chi connectivity index (χ0) is 10.7. The van der Waals surface area contributed by atoms with Crippen LogP contribution in [0.1, 0.15) is 22.7 Å². The van der Waals surface area contributed by atoms with E-state index in [1.165, 1.54) is 24.3 Å². The van der Waals surface area contributed by atoms with Gasteiger partial charge in [-0.05, 0) is 38.8 Å². The summed E-state index contributed by atoms with van der Waals surface area (Å²) in [5, 5.41) is 1.16. The maximum absolute atomic E-state index is 5.73. The predicted octanol–water partition coefficient (Wildman–Crippen LogP) is 2.04. The maximum atomic E-state index is 5.73. The van der Waals surface area contributed by atoms with Gasteiger partial charge in [-0.3, -0.25) is 4.90 Å². The monoisotopic (exact) mass is 261 g/mol. The minimum Gasteiger partial charge on any atom is -0.330 e. The van der Waals surface area contributed by atoms with E-state index in [2.05, 4.69) is 16.8 Å². The van der Waals surface area contributed by atoms with Gasteiger partial charge < -0.3 is 5.73 Å². The van der Waals surface area contributed by atoms with Crippen molar-refractivity contribution in [2.45, 2.75) is 26.3 Å². The van der Waals surface area contributed by atoms with Crippen molar-refractivity contribution in [1.82, 2.24) is 9.88 Å². The fourth-order valence-corrected chi connectivity index (χ4v) is 3.02. The minimum absolute atomic E-state index is 0. The highest BCUT2D eigenvalue weighted by Crippen LogP contribution is 2.20. The molecule has 0 amide bonds. The number of halogens is 1. The van der Waals surface area contributed by atoms with Gasteiger partial charge in [0, 0.05) is 24.2 Å². The van der Waals surface area contributed by atoms with Crippen molar-refractivity contribution >= 4 is 23.7 Å². The number of aromatic nitrogens is 1. The molecule has 1 unspecified atom stereocenters. The van der Waals surface area contributed by atoms with Crippen molar-refractivity contribution in [3.8, 4) is 0 Å². The van der Waals surface area contributed by atoms with Crippen LogP contribution in [-0.2, 0) is 6.54 Å². The third-order valence-electron chi connectivity index (χ3n) is 2.99. The molecular formula is C11H20ClN3S. The Morgan fingerprint density at radius 1 is 1.62 bits per heavy atom. The van der Waals surface area contributed by atoms with Crippen LogP contribution < -0.4 is 5.73 Å². The summed E-state index contributed by atoms with van der Waals surface area (Å²) in [4.78, 5) is 8.18. The third kappa shape index (κ3) is 3.70. The molecule has 1 aliphatic rings. The van der Waals surface area contributed by atoms with Crippen LogP contribution in [0.3, 0.4) is 0 Å². The van der Waals surface area contributed by atoms with Gasteiger partial charge in [0.2, 0.25) is 0 Å². The summed E-state index contributed by atoms with van der Waals surface area (Å²) in [6.07, 6.45) is 4.60. The van der Waals surface area contributed by atoms with Gasteiger partial charge in [-0.2, -0.15) is 0 Å². The first-order chi connectivity index (χ1) is 7.28. The number of hydrogen-bond acceptors (Lipinski definition) is 4. The van der Waals surface area contributed by atoms with Crippen LogP contribution in [0, 0.1) is 12.8 Å². The van der Waals surface area contributed by atoms with Gasteiger partial charge in [-0.1, -0.05) is 0 Å². The van der Waals surface area contributed by atoms with Gasteiger partial charge in [-0.25, -0.2) is 4.98 Å². The van der Waals surface area contributed by atoms with Crippen molar-refractivity contribution < 1.29 is 0 Å². The largest absolute Gasteiger partial charge is 0.330 e. The zero-order valence-electron chi connectivity index (χ0n) is 9.69. The average molecular weight is 262 g/mol. The number of likely N-dealkylation sites (tertiary alicyclic amines) is 1. The maximum Gasteiger partial charge on any atom is 0.0897 e. The SMILES string of the molecule is Cc1ncc(CN2CCCC(CN)C2)s1.Cl. The molecule has 2 N–H and O–H groups in total. The van der Waals surface area contributed by atoms with E-state index in [1.54, 1.807) is 11.3 Å². The molecule has 0 aromatic carbocycles. The Balaban J connectivity index is 0.00000128. The fourth-order valence-electron chi connectivity index (χ4n) is 2.19. The van der Waals surface area contributed by atoms with Crippen molar-refractivity contribution in [3.63, 3.8) is 0 Å². The van der Waals surface area contributed by atoms with E-state index in [0.29, 0.717) is 5.92 Å². The van der Waals surface area contributed by atoms with Crippen molar-refractivity contribution in [2.24, 2.45) is 11.7 Å². The highest BCUT2D eigenvalue weighted by Gasteiger charge is 2.18. The molecule has 1 fully saturated rings. The number of piperidine rings is 1. The third-order valence-corrected chi connectivity index (χ3v) is 3.88. The lowest BCUT2D eigenvalue weighted by Gasteiger charge is -2.31. The number of hydrogen-bond donors (Lipinski definition) is 1. The Bertz CT molecular complexity index is 316. The van der Waals surface area contributed by atoms with E-state index < -0.39 is 0 Å². The summed E-state index contributed by atoms with van der Waals surface area (Å²) in [7, 11) is 0. The lowest BCUT2D eigenvalue weighted by molar-refractivity contribution is 0.172. The smallest absolute Gasteiger partial charge is 0.0897 e. The van der Waals surface area contributed by atoms with Crippen LogP contribution >= 0.6 is 23.7 Å². The molecule has 1 aromatic rings. The molecule has 3 nitrogen and oxygen atoms in total. The van der Waals surface area contributed by atoms with Gasteiger partial charge in [0.15, 0.2) is 0 Å². The Hall–Kier alpha value is -0.160. The van der Waals surface area contributed by atoms with Gasteiger partial charge in [0.1, 0.15) is 0 Å². The molecule has 5 heteroatoms. The Kier molecular flexibility index (Phi) is 5.69. The molecule has 16 heavy (non-hydrogen) atoms. The first kappa shape index (κ1) is 13.9. The summed E-state index contributed by atoms with van der Waals surface area (Å²) in [6, 6.07) is 0. The second-order valence-corrected chi connectivity index (χ2v) is 5.64. The second kappa shape index (κ2) is 6.55. The normalized spacial score (nSPS) is 21.8. The summed E-state index contributed by atoms with van der Waals surface area (Å²) in [5.41, 5.74) is 5.73. The lowest BCUT2D eigenvalue weighted by atomic mass is 9.98. The molecular weight excluding hydrogens is 242 g/mol. The van der Waals surface area contributed by atoms with Crippen LogP contribution in [-0.4, -0.2) is 29.5 Å². The van der Waals surface area contributed by atoms with Crippen LogP contribution in [0.25, 0.3) is 0 Å². The van der Waals surface area contributed by atoms with Gasteiger partial charge >= 0.3 is 0 Å². The summed E-state index contributed by atoms with van der Waals surface area (Å²) in [6.45, 7) is 6.33. The zero-order valence-corrected chi connectivity index (χ0v) is 11.3. The average Bonchev–Trinajstić information content (AvgIpc) is 2.64. The molecule has 1 aromatic heterocycles. The summed E-state index contributed by atoms with van der Waals surface area (Å²) < 4.78 is 0. The van der Waals surface area contributed by atoms with Crippen molar-refractivity contribution in [3.05, 3.63) is 16.1 Å². The molecule has 0 saturated carbocycles. The van der Waals surface area contributed by atoms with Crippen molar-refractivity contribution in [2.75, 3.05) is 19.6 Å². The highest BCUT2D eigenvalue weighted by molar-refractivity contribution is 7.11. The Morgan fingerprint density at radius 2 is 2.44 bits per heavy atom. The Labute approximate surface area is 107 Å². The Morgan fingerprint density at radius 3 is 3.06 bits per heavy atom. The number of rotatable bonds is 3. The van der Waals surface area contributed by atoms with Gasteiger partial charge in [-0.15, -0.1) is 23.7 Å². The molecule has 92 valence electrons. The topological polar surface area (TPSA) is 42.2 Å². The number of thiazole rings is 1. The molecule has 2 heterocycles. The lowest BCUT2D eigenvalue weighted by Crippen LogP contribution is -2.37. The standard InChI is InChI=1S/C11H19N3S.ClH/c1-9-13-6-11(15-9)8-14-4-2-3-10(5-12)7-14;/h6,10H,2-5,7-8,12H2,1H3;1H. The second-order valence-electron chi connectivity index (χ2n) is 4.32. The first-order valence-electron chi connectivity index (χ1n) is 5.61. The highest BCUT2D eigenvalue weighted by atomic mass is 35.5. The molecule has 1 aliphatic heterocycles. The van der Waals surface area contributed by atoms with Crippen LogP contribution in [0.4, 0.5) is 0 Å². The molecule has 0 radical (unpaired) electrons. The molecule has 2 rings (SSSR count). The summed E-state index contributed by atoms with van der Waals surface area (Å²) in [5.74, 6) is 0.702. The van der Waals surface area contributed by atoms with Gasteiger partial charge in [0.05, 0.1) is 5.01 Å². The van der Waals surface area contributed by atoms with E-state index in [4.69, 9.17) is 5.73 Å². The van der Waals surface area contributed by atoms with Crippen molar-refractivity contribution in [1.29, 1.82) is 0 Å². The molecule has 0 bridgehead atoms. The summed E-state index contributed by atoms with van der Waals surface area (Å²) >= 11 is 1.81. The minimum atomic E-state index is 0. The van der Waals surface area contributed by atoms with Gasteiger partial charge in [0.25, 0.3) is 0 Å². The fraction of sp³-hybridized carbons (Fsp3) is 0.727. The van der Waals surface area contributed by atoms with E-state index in [9.17, 15) is 0 Å². The van der Waals surface area contributed by atoms with E-state index >= 15 is 0 Å². The van der Waals surface area contributed by atoms with Crippen LogP contribution in [0.5, 0.6) is 0 Å². The number of aryl methyl sites for hydroxylation is 1. The molecule has 0 spiro atoms. The first-order valence-corrected chi connectivity index (χ1v) is 6.43. The van der Waals surface area contributed by atoms with E-state index in [-0.39, 0.29) is 12.4 Å². The van der Waals surface area contributed by atoms with Crippen LogP contribution in [0.2, 0.25) is 0 Å². The van der Waals surface area contributed by atoms with E-state index in [1.807, 2.05) is 6.20 Å². The van der Waals surface area contributed by atoms with E-state index in [0.717, 1.165) is 24.6 Å². The number of nitrogens with zero attached hydrogens (tertiary/aromatic N) is 2. The molecule has 0 aliphatic carbocycles. The quantitative estimate of drug-likeness (QED) is 0.906. The van der Waals surface area contributed by atoms with Crippen LogP contribution in [0.15, 0.2) is 6.20 Å². The predicted molar refractivity (Wildman–Crippen MR) is 71.2 cm³/mol.